The maximum absolute atomic E-state index is 12.9. The van der Waals surface area contributed by atoms with Gasteiger partial charge in [0, 0.05) is 10.1 Å². The zero-order chi connectivity index (χ0) is 8.72. The Morgan fingerprint density at radius 1 is 1.25 bits per heavy atom. The molecular formula is C8H3Cl2FS. The summed E-state index contributed by atoms with van der Waals surface area (Å²) in [5, 5.41) is 0.835. The van der Waals surface area contributed by atoms with Gasteiger partial charge in [0.2, 0.25) is 0 Å². The van der Waals surface area contributed by atoms with Gasteiger partial charge in [0.15, 0.2) is 0 Å². The first-order valence-corrected chi connectivity index (χ1v) is 4.79. The van der Waals surface area contributed by atoms with E-state index < -0.39 is 5.82 Å². The highest BCUT2D eigenvalue weighted by atomic mass is 35.5. The summed E-state index contributed by atoms with van der Waals surface area (Å²) >= 11 is 12.8. The molecule has 0 aliphatic heterocycles. The SMILES string of the molecule is Fc1ccc2sc(Cl)cc2c1Cl. The van der Waals surface area contributed by atoms with E-state index in [0.29, 0.717) is 9.72 Å². The molecule has 1 aromatic carbocycles. The van der Waals surface area contributed by atoms with E-state index >= 15 is 0 Å². The van der Waals surface area contributed by atoms with Gasteiger partial charge in [0.25, 0.3) is 0 Å². The first-order valence-electron chi connectivity index (χ1n) is 3.21. The molecule has 0 spiro atoms. The summed E-state index contributed by atoms with van der Waals surface area (Å²) in [6.45, 7) is 0. The molecule has 0 aliphatic rings. The van der Waals surface area contributed by atoms with Crippen molar-refractivity contribution in [2.45, 2.75) is 0 Å². The fourth-order valence-corrected chi connectivity index (χ4v) is 2.45. The van der Waals surface area contributed by atoms with Gasteiger partial charge in [0.1, 0.15) is 5.82 Å². The highest BCUT2D eigenvalue weighted by Crippen LogP contribution is 2.34. The topological polar surface area (TPSA) is 0 Å². The lowest BCUT2D eigenvalue weighted by atomic mass is 10.2. The van der Waals surface area contributed by atoms with Crippen LogP contribution < -0.4 is 0 Å². The fraction of sp³-hybridized carbons (Fsp3) is 0. The third-order valence-corrected chi connectivity index (χ3v) is 3.17. The largest absolute Gasteiger partial charge is 0.205 e. The minimum Gasteiger partial charge on any atom is -0.205 e. The van der Waals surface area contributed by atoms with E-state index in [-0.39, 0.29) is 5.02 Å². The summed E-state index contributed by atoms with van der Waals surface area (Å²) in [4.78, 5) is 0. The molecule has 0 saturated carbocycles. The number of rotatable bonds is 0. The summed E-state index contributed by atoms with van der Waals surface area (Å²) < 4.78 is 14.4. The van der Waals surface area contributed by atoms with Gasteiger partial charge in [-0.1, -0.05) is 23.2 Å². The van der Waals surface area contributed by atoms with E-state index in [9.17, 15) is 4.39 Å². The van der Waals surface area contributed by atoms with Crippen molar-refractivity contribution in [2.75, 3.05) is 0 Å². The molecule has 2 aromatic rings. The Kier molecular flexibility index (Phi) is 1.99. The number of hydrogen-bond acceptors (Lipinski definition) is 1. The Morgan fingerprint density at radius 3 is 2.75 bits per heavy atom. The first kappa shape index (κ1) is 8.30. The molecule has 0 fully saturated rings. The van der Waals surface area contributed by atoms with Crippen LogP contribution in [0.1, 0.15) is 0 Å². The van der Waals surface area contributed by atoms with Gasteiger partial charge in [-0.3, -0.25) is 0 Å². The van der Waals surface area contributed by atoms with E-state index in [2.05, 4.69) is 0 Å². The van der Waals surface area contributed by atoms with Crippen LogP contribution in [0.4, 0.5) is 4.39 Å². The number of halogens is 3. The normalized spacial score (nSPS) is 10.9. The minimum absolute atomic E-state index is 0.149. The summed E-state index contributed by atoms with van der Waals surface area (Å²) in [5.41, 5.74) is 0. The van der Waals surface area contributed by atoms with Crippen LogP contribution in [0.2, 0.25) is 9.36 Å². The maximum atomic E-state index is 12.9. The summed E-state index contributed by atoms with van der Waals surface area (Å²) in [6, 6.07) is 4.69. The lowest BCUT2D eigenvalue weighted by molar-refractivity contribution is 0.630. The molecule has 0 bridgehead atoms. The van der Waals surface area contributed by atoms with Crippen LogP contribution in [0.5, 0.6) is 0 Å². The second-order valence-corrected chi connectivity index (χ2v) is 4.42. The Hall–Kier alpha value is -0.310. The Labute approximate surface area is 82.5 Å². The highest BCUT2D eigenvalue weighted by molar-refractivity contribution is 7.22. The second kappa shape index (κ2) is 2.87. The van der Waals surface area contributed by atoms with Crippen molar-refractivity contribution < 1.29 is 4.39 Å². The summed E-state index contributed by atoms with van der Waals surface area (Å²) in [6.07, 6.45) is 0. The van der Waals surface area contributed by atoms with Crippen LogP contribution in [0.25, 0.3) is 10.1 Å². The zero-order valence-electron chi connectivity index (χ0n) is 5.77. The van der Waals surface area contributed by atoms with Crippen LogP contribution in [0.15, 0.2) is 18.2 Å². The third kappa shape index (κ3) is 1.20. The van der Waals surface area contributed by atoms with Gasteiger partial charge in [-0.25, -0.2) is 4.39 Å². The Morgan fingerprint density at radius 2 is 2.00 bits per heavy atom. The number of fused-ring (bicyclic) bond motifs is 1. The highest BCUT2D eigenvalue weighted by Gasteiger charge is 2.07. The van der Waals surface area contributed by atoms with Gasteiger partial charge in [-0.15, -0.1) is 11.3 Å². The van der Waals surface area contributed by atoms with Gasteiger partial charge in [-0.2, -0.15) is 0 Å². The van der Waals surface area contributed by atoms with Gasteiger partial charge < -0.3 is 0 Å². The molecule has 1 aromatic heterocycles. The van der Waals surface area contributed by atoms with Crippen molar-refractivity contribution in [3.05, 3.63) is 33.4 Å². The van der Waals surface area contributed by atoms with Gasteiger partial charge in [0.05, 0.1) is 9.36 Å². The van der Waals surface area contributed by atoms with Crippen molar-refractivity contribution in [2.24, 2.45) is 0 Å². The quantitative estimate of drug-likeness (QED) is 0.620. The lowest BCUT2D eigenvalue weighted by Crippen LogP contribution is -1.74. The standard InChI is InChI=1S/C8H3Cl2FS/c9-7-3-4-6(12-7)2-1-5(11)8(4)10/h1-3H. The molecular weight excluding hydrogens is 218 g/mol. The van der Waals surface area contributed by atoms with Crippen LogP contribution in [-0.2, 0) is 0 Å². The van der Waals surface area contributed by atoms with Crippen LogP contribution in [0.3, 0.4) is 0 Å². The molecule has 0 nitrogen and oxygen atoms in total. The minimum atomic E-state index is -0.404. The maximum Gasteiger partial charge on any atom is 0.142 e. The molecule has 0 unspecified atom stereocenters. The van der Waals surface area contributed by atoms with E-state index in [1.165, 1.54) is 17.4 Å². The van der Waals surface area contributed by atoms with Crippen molar-refractivity contribution in [1.29, 1.82) is 0 Å². The Balaban J connectivity index is 2.89. The van der Waals surface area contributed by atoms with Crippen LogP contribution >= 0.6 is 34.5 Å². The zero-order valence-corrected chi connectivity index (χ0v) is 8.10. The number of benzene rings is 1. The van der Waals surface area contributed by atoms with Crippen molar-refractivity contribution in [3.8, 4) is 0 Å². The molecule has 12 heavy (non-hydrogen) atoms. The predicted molar refractivity (Wildman–Crippen MR) is 51.8 cm³/mol. The fourth-order valence-electron chi connectivity index (χ4n) is 1.02. The van der Waals surface area contributed by atoms with Crippen molar-refractivity contribution >= 4 is 44.6 Å². The molecule has 0 saturated heterocycles. The molecule has 4 heteroatoms. The van der Waals surface area contributed by atoms with Crippen LogP contribution in [0, 0.1) is 5.82 Å². The van der Waals surface area contributed by atoms with E-state index in [1.54, 1.807) is 12.1 Å². The van der Waals surface area contributed by atoms with Gasteiger partial charge in [-0.05, 0) is 18.2 Å². The number of hydrogen-bond donors (Lipinski definition) is 0. The monoisotopic (exact) mass is 220 g/mol. The smallest absolute Gasteiger partial charge is 0.142 e. The van der Waals surface area contributed by atoms with Gasteiger partial charge >= 0.3 is 0 Å². The summed E-state index contributed by atoms with van der Waals surface area (Å²) in [7, 11) is 0. The molecule has 0 N–H and O–H groups in total. The first-order chi connectivity index (χ1) is 5.68. The lowest BCUT2D eigenvalue weighted by Gasteiger charge is -1.93. The average molecular weight is 221 g/mol. The third-order valence-electron chi connectivity index (χ3n) is 1.56. The van der Waals surface area contributed by atoms with E-state index in [4.69, 9.17) is 23.2 Å². The molecule has 62 valence electrons. The summed E-state index contributed by atoms with van der Waals surface area (Å²) in [5.74, 6) is -0.404. The predicted octanol–water partition coefficient (Wildman–Crippen LogP) is 4.35. The second-order valence-electron chi connectivity index (χ2n) is 2.32. The molecule has 0 atom stereocenters. The van der Waals surface area contributed by atoms with Crippen molar-refractivity contribution in [3.63, 3.8) is 0 Å². The molecule has 1 heterocycles. The van der Waals surface area contributed by atoms with E-state index in [0.717, 1.165) is 4.70 Å². The molecule has 0 amide bonds. The molecule has 0 aliphatic carbocycles. The number of thiophene rings is 1. The van der Waals surface area contributed by atoms with Crippen LogP contribution in [-0.4, -0.2) is 0 Å². The van der Waals surface area contributed by atoms with E-state index in [1.807, 2.05) is 0 Å². The average Bonchev–Trinajstić information content (AvgIpc) is 2.39. The Bertz CT molecular complexity index is 436. The van der Waals surface area contributed by atoms with Crippen molar-refractivity contribution in [1.82, 2.24) is 0 Å². The molecule has 0 radical (unpaired) electrons. The molecule has 2 rings (SSSR count).